The van der Waals surface area contributed by atoms with E-state index >= 15 is 0 Å². The van der Waals surface area contributed by atoms with Gasteiger partial charge in [-0.05, 0) is 51.9 Å². The van der Waals surface area contributed by atoms with Gasteiger partial charge in [-0.3, -0.25) is 0 Å². The first-order valence-corrected chi connectivity index (χ1v) is 13.0. The maximum atomic E-state index is 10.8. The lowest BCUT2D eigenvalue weighted by atomic mass is 10.1. The molecule has 24 heavy (non-hydrogen) atoms. The zero-order valence-corrected chi connectivity index (χ0v) is 17.2. The van der Waals surface area contributed by atoms with Gasteiger partial charge in [0.15, 0.2) is 0 Å². The van der Waals surface area contributed by atoms with Gasteiger partial charge in [0.1, 0.15) is 18.7 Å². The highest BCUT2D eigenvalue weighted by molar-refractivity contribution is 9.10. The second-order valence-corrected chi connectivity index (χ2v) is 14.5. The summed E-state index contributed by atoms with van der Waals surface area (Å²) < 4.78 is 9.01. The van der Waals surface area contributed by atoms with Crippen LogP contribution in [0.1, 0.15) is 24.3 Å². The van der Waals surface area contributed by atoms with Gasteiger partial charge in [0.25, 0.3) is 0 Å². The fourth-order valence-corrected chi connectivity index (χ4v) is 4.21. The summed E-state index contributed by atoms with van der Waals surface area (Å²) in [7, 11) is -1.07. The summed E-state index contributed by atoms with van der Waals surface area (Å²) in [5.41, 5.74) is 2.28. The molecule has 0 aromatic carbocycles. The average Bonchev–Trinajstić information content (AvgIpc) is 3.17. The molecule has 2 aromatic heterocycles. The highest BCUT2D eigenvalue weighted by Crippen LogP contribution is 2.51. The van der Waals surface area contributed by atoms with Crippen LogP contribution in [0.15, 0.2) is 22.9 Å². The van der Waals surface area contributed by atoms with Crippen LogP contribution in [0.2, 0.25) is 25.7 Å². The van der Waals surface area contributed by atoms with Crippen molar-refractivity contribution in [1.29, 1.82) is 0 Å². The number of nitrogens with zero attached hydrogens (tertiary/aromatic N) is 2. The lowest BCUT2D eigenvalue weighted by molar-refractivity contribution is -0.108. The summed E-state index contributed by atoms with van der Waals surface area (Å²) >= 11 is 3.52. The maximum absolute atomic E-state index is 10.8. The summed E-state index contributed by atoms with van der Waals surface area (Å²) in [6.45, 7) is 8.43. The Labute approximate surface area is 152 Å². The fourth-order valence-electron chi connectivity index (χ4n) is 3.12. The molecule has 1 aliphatic rings. The number of fused-ring (bicyclic) bond motifs is 1. The molecule has 2 unspecified atom stereocenters. The number of hydrogen-bond acceptors (Lipinski definition) is 3. The standard InChI is InChI=1S/C18H25BrN2O2Si/c1-24(2,3)7-6-23-12-21-11-17(15-8-13(15)4-5-22)16-9-14(19)10-20-18(16)21/h5,9-11,13,15H,4,6-8,12H2,1-3H3. The van der Waals surface area contributed by atoms with Crippen LogP contribution < -0.4 is 0 Å². The quantitative estimate of drug-likeness (QED) is 0.357. The molecule has 1 aliphatic carbocycles. The molecule has 0 bridgehead atoms. The molecule has 130 valence electrons. The van der Waals surface area contributed by atoms with Gasteiger partial charge in [-0.2, -0.15) is 0 Å². The van der Waals surface area contributed by atoms with Crippen molar-refractivity contribution in [3.63, 3.8) is 0 Å². The Hall–Kier alpha value is -0.983. The largest absolute Gasteiger partial charge is 0.361 e. The number of ether oxygens (including phenoxy) is 1. The number of carbonyl (C=O) groups excluding carboxylic acids is 1. The van der Waals surface area contributed by atoms with Crippen LogP contribution in [0.25, 0.3) is 11.0 Å². The van der Waals surface area contributed by atoms with Crippen molar-refractivity contribution in [1.82, 2.24) is 9.55 Å². The number of rotatable bonds is 8. The molecule has 1 fully saturated rings. The number of carbonyl (C=O) groups is 1. The topological polar surface area (TPSA) is 44.1 Å². The minimum atomic E-state index is -1.07. The van der Waals surface area contributed by atoms with Gasteiger partial charge < -0.3 is 14.1 Å². The molecule has 2 atom stereocenters. The Kier molecular flexibility index (Phi) is 5.27. The predicted molar refractivity (Wildman–Crippen MR) is 103 cm³/mol. The third-order valence-corrected chi connectivity index (χ3v) is 6.80. The molecule has 0 radical (unpaired) electrons. The SMILES string of the molecule is C[Si](C)(C)CCOCn1cc(C2CC2CC=O)c2cc(Br)cnc21. The molecule has 0 aliphatic heterocycles. The van der Waals surface area contributed by atoms with Crippen LogP contribution in [-0.2, 0) is 16.3 Å². The smallest absolute Gasteiger partial charge is 0.142 e. The first kappa shape index (κ1) is 17.8. The van der Waals surface area contributed by atoms with Crippen molar-refractivity contribution in [2.24, 2.45) is 5.92 Å². The number of pyridine rings is 1. The molecule has 6 heteroatoms. The van der Waals surface area contributed by atoms with Crippen molar-refractivity contribution >= 4 is 41.3 Å². The van der Waals surface area contributed by atoms with E-state index in [1.807, 2.05) is 6.20 Å². The second kappa shape index (κ2) is 7.10. The van der Waals surface area contributed by atoms with Gasteiger partial charge in [0.05, 0.1) is 0 Å². The Bertz CT molecular complexity index is 738. The molecule has 0 N–H and O–H groups in total. The average molecular weight is 409 g/mol. The van der Waals surface area contributed by atoms with Crippen LogP contribution >= 0.6 is 15.9 Å². The predicted octanol–water partition coefficient (Wildman–Crippen LogP) is 4.80. The Morgan fingerprint density at radius 3 is 2.96 bits per heavy atom. The van der Waals surface area contributed by atoms with Crippen LogP contribution in [-0.4, -0.2) is 30.5 Å². The van der Waals surface area contributed by atoms with E-state index in [1.165, 1.54) is 17.0 Å². The van der Waals surface area contributed by atoms with Gasteiger partial charge in [-0.25, -0.2) is 4.98 Å². The number of aromatic nitrogens is 2. The number of halogens is 1. The molecular weight excluding hydrogens is 384 g/mol. The van der Waals surface area contributed by atoms with Gasteiger partial charge in [-0.1, -0.05) is 19.6 Å². The minimum absolute atomic E-state index is 0.483. The molecule has 1 saturated carbocycles. The molecule has 0 spiro atoms. The van der Waals surface area contributed by atoms with Gasteiger partial charge in [0.2, 0.25) is 0 Å². The van der Waals surface area contributed by atoms with Crippen molar-refractivity contribution in [2.45, 2.75) is 51.2 Å². The van der Waals surface area contributed by atoms with E-state index in [4.69, 9.17) is 4.74 Å². The first-order valence-electron chi connectivity index (χ1n) is 8.55. The van der Waals surface area contributed by atoms with E-state index < -0.39 is 8.07 Å². The lowest BCUT2D eigenvalue weighted by Gasteiger charge is -2.15. The van der Waals surface area contributed by atoms with Crippen molar-refractivity contribution in [3.8, 4) is 0 Å². The summed E-state index contributed by atoms with van der Waals surface area (Å²) in [4.78, 5) is 15.4. The van der Waals surface area contributed by atoms with Crippen molar-refractivity contribution < 1.29 is 9.53 Å². The highest BCUT2D eigenvalue weighted by Gasteiger charge is 2.39. The first-order chi connectivity index (χ1) is 11.4. The molecule has 0 saturated heterocycles. The molecule has 0 amide bonds. The van der Waals surface area contributed by atoms with Crippen molar-refractivity contribution in [3.05, 3.63) is 28.5 Å². The van der Waals surface area contributed by atoms with Crippen molar-refractivity contribution in [2.75, 3.05) is 6.61 Å². The summed E-state index contributed by atoms with van der Waals surface area (Å²) in [5.74, 6) is 0.977. The minimum Gasteiger partial charge on any atom is -0.361 e. The van der Waals surface area contributed by atoms with Gasteiger partial charge >= 0.3 is 0 Å². The molecule has 2 heterocycles. The third-order valence-electron chi connectivity index (χ3n) is 4.66. The monoisotopic (exact) mass is 408 g/mol. The van der Waals surface area contributed by atoms with E-state index in [0.29, 0.717) is 25.0 Å². The number of hydrogen-bond donors (Lipinski definition) is 0. The molecular formula is C18H25BrN2O2Si. The maximum Gasteiger partial charge on any atom is 0.142 e. The van der Waals surface area contributed by atoms with Gasteiger partial charge in [-0.15, -0.1) is 0 Å². The molecule has 2 aromatic rings. The summed E-state index contributed by atoms with van der Waals surface area (Å²) in [6, 6.07) is 3.30. The third kappa shape index (κ3) is 4.16. The van der Waals surface area contributed by atoms with Crippen LogP contribution in [0.5, 0.6) is 0 Å². The number of aldehydes is 1. The van der Waals surface area contributed by atoms with E-state index in [0.717, 1.165) is 29.4 Å². The highest BCUT2D eigenvalue weighted by atomic mass is 79.9. The Balaban J connectivity index is 1.77. The lowest BCUT2D eigenvalue weighted by Crippen LogP contribution is -2.22. The zero-order chi connectivity index (χ0) is 17.3. The summed E-state index contributed by atoms with van der Waals surface area (Å²) in [6.07, 6.45) is 6.80. The van der Waals surface area contributed by atoms with E-state index in [-0.39, 0.29) is 0 Å². The van der Waals surface area contributed by atoms with E-state index in [2.05, 4.69) is 57.4 Å². The van der Waals surface area contributed by atoms with E-state index in [1.54, 1.807) is 0 Å². The molecule has 4 nitrogen and oxygen atoms in total. The Morgan fingerprint density at radius 1 is 1.46 bits per heavy atom. The van der Waals surface area contributed by atoms with Gasteiger partial charge in [0, 0.05) is 43.4 Å². The zero-order valence-electron chi connectivity index (χ0n) is 14.6. The second-order valence-electron chi connectivity index (χ2n) is 7.93. The fraction of sp³-hybridized carbons (Fsp3) is 0.556. The molecule has 3 rings (SSSR count). The van der Waals surface area contributed by atoms with Crippen LogP contribution in [0.4, 0.5) is 0 Å². The van der Waals surface area contributed by atoms with Crippen LogP contribution in [0.3, 0.4) is 0 Å². The normalized spacial score (nSPS) is 20.5. The van der Waals surface area contributed by atoms with Crippen LogP contribution in [0, 0.1) is 5.92 Å². The summed E-state index contributed by atoms with van der Waals surface area (Å²) in [5, 5.41) is 1.18. The Morgan fingerprint density at radius 2 is 2.25 bits per heavy atom. The van der Waals surface area contributed by atoms with E-state index in [9.17, 15) is 4.79 Å².